The lowest BCUT2D eigenvalue weighted by molar-refractivity contribution is 0.450. The molecule has 0 fully saturated rings. The van der Waals surface area contributed by atoms with Gasteiger partial charge in [-0.25, -0.2) is 0 Å². The molecule has 0 heterocycles. The van der Waals surface area contributed by atoms with Crippen molar-refractivity contribution >= 4 is 22.9 Å². The van der Waals surface area contributed by atoms with Crippen LogP contribution >= 0.6 is 0 Å². The van der Waals surface area contributed by atoms with Gasteiger partial charge in [-0.3, -0.25) is 0 Å². The van der Waals surface area contributed by atoms with Crippen LogP contribution in [0.3, 0.4) is 0 Å². The first-order valence-corrected chi connectivity index (χ1v) is 6.41. The minimum Gasteiger partial charge on any atom is -0.508 e. The standard InChI is InChI=1S/C18H14O2/c19-17-10-14(11-18(20)12-17)6-5-13-7-8-15-3-1-2-4-16(15)9-13/h1-12,19-20H. The predicted octanol–water partition coefficient (Wildman–Crippen LogP) is 4.42. The summed E-state index contributed by atoms with van der Waals surface area (Å²) in [5, 5.41) is 21.3. The van der Waals surface area contributed by atoms with Crippen molar-refractivity contribution in [2.24, 2.45) is 0 Å². The Balaban J connectivity index is 1.93. The topological polar surface area (TPSA) is 40.5 Å². The van der Waals surface area contributed by atoms with Crippen LogP contribution in [0.15, 0.2) is 60.7 Å². The average Bonchev–Trinajstić information content (AvgIpc) is 2.44. The highest BCUT2D eigenvalue weighted by molar-refractivity contribution is 5.86. The molecule has 3 aromatic rings. The predicted molar refractivity (Wildman–Crippen MR) is 82.6 cm³/mol. The summed E-state index contributed by atoms with van der Waals surface area (Å²) in [6.45, 7) is 0. The molecule has 2 heteroatoms. The van der Waals surface area contributed by atoms with Gasteiger partial charge in [-0.1, -0.05) is 48.6 Å². The first kappa shape index (κ1) is 12.3. The van der Waals surface area contributed by atoms with Gasteiger partial charge >= 0.3 is 0 Å². The van der Waals surface area contributed by atoms with Crippen LogP contribution in [-0.2, 0) is 0 Å². The number of fused-ring (bicyclic) bond motifs is 1. The summed E-state index contributed by atoms with van der Waals surface area (Å²) < 4.78 is 0. The van der Waals surface area contributed by atoms with E-state index in [1.165, 1.54) is 16.8 Å². The third-order valence-electron chi connectivity index (χ3n) is 3.17. The zero-order valence-corrected chi connectivity index (χ0v) is 10.8. The molecule has 0 saturated heterocycles. The molecule has 2 nitrogen and oxygen atoms in total. The number of rotatable bonds is 2. The van der Waals surface area contributed by atoms with E-state index in [0.717, 1.165) is 11.1 Å². The van der Waals surface area contributed by atoms with E-state index in [4.69, 9.17) is 0 Å². The van der Waals surface area contributed by atoms with E-state index in [9.17, 15) is 10.2 Å². The molecule has 20 heavy (non-hydrogen) atoms. The molecule has 0 aliphatic heterocycles. The van der Waals surface area contributed by atoms with Crippen LogP contribution in [0.25, 0.3) is 22.9 Å². The zero-order valence-electron chi connectivity index (χ0n) is 10.8. The van der Waals surface area contributed by atoms with Crippen molar-refractivity contribution in [3.63, 3.8) is 0 Å². The third kappa shape index (κ3) is 2.64. The Bertz CT molecular complexity index is 768. The van der Waals surface area contributed by atoms with E-state index < -0.39 is 0 Å². The van der Waals surface area contributed by atoms with Gasteiger partial charge in [-0.15, -0.1) is 0 Å². The molecule has 0 unspecified atom stereocenters. The monoisotopic (exact) mass is 262 g/mol. The summed E-state index contributed by atoms with van der Waals surface area (Å²) >= 11 is 0. The van der Waals surface area contributed by atoms with E-state index in [-0.39, 0.29) is 11.5 Å². The zero-order chi connectivity index (χ0) is 13.9. The number of phenolic OH excluding ortho intramolecular Hbond substituents is 2. The van der Waals surface area contributed by atoms with Crippen molar-refractivity contribution in [3.8, 4) is 11.5 Å². The molecule has 0 atom stereocenters. The van der Waals surface area contributed by atoms with Crippen molar-refractivity contribution in [2.45, 2.75) is 0 Å². The summed E-state index contributed by atoms with van der Waals surface area (Å²) in [7, 11) is 0. The molecular formula is C18H14O2. The number of phenols is 2. The molecule has 0 radical (unpaired) electrons. The van der Waals surface area contributed by atoms with Gasteiger partial charge in [0, 0.05) is 6.07 Å². The molecule has 0 saturated carbocycles. The van der Waals surface area contributed by atoms with E-state index >= 15 is 0 Å². The molecule has 0 aliphatic carbocycles. The quantitative estimate of drug-likeness (QED) is 0.671. The molecule has 2 N–H and O–H groups in total. The van der Waals surface area contributed by atoms with Crippen LogP contribution < -0.4 is 0 Å². The van der Waals surface area contributed by atoms with Gasteiger partial charge in [0.1, 0.15) is 11.5 Å². The molecule has 0 spiro atoms. The Morgan fingerprint density at radius 2 is 1.25 bits per heavy atom. The molecule has 0 bridgehead atoms. The first-order valence-electron chi connectivity index (χ1n) is 6.41. The fourth-order valence-corrected chi connectivity index (χ4v) is 2.22. The van der Waals surface area contributed by atoms with Gasteiger partial charge in [-0.2, -0.15) is 0 Å². The van der Waals surface area contributed by atoms with E-state index in [2.05, 4.69) is 24.3 Å². The number of aromatic hydroxyl groups is 2. The van der Waals surface area contributed by atoms with Crippen LogP contribution in [0.5, 0.6) is 11.5 Å². The maximum atomic E-state index is 9.44. The largest absolute Gasteiger partial charge is 0.508 e. The van der Waals surface area contributed by atoms with Crippen LogP contribution in [0, 0.1) is 0 Å². The normalized spacial score (nSPS) is 11.2. The van der Waals surface area contributed by atoms with Gasteiger partial charge in [0.25, 0.3) is 0 Å². The van der Waals surface area contributed by atoms with Crippen molar-refractivity contribution in [2.75, 3.05) is 0 Å². The van der Waals surface area contributed by atoms with Crippen LogP contribution in [0.4, 0.5) is 0 Å². The number of hydrogen-bond donors (Lipinski definition) is 2. The minimum atomic E-state index is 0.0585. The molecule has 3 rings (SSSR count). The summed E-state index contributed by atoms with van der Waals surface area (Å²) in [4.78, 5) is 0. The molecular weight excluding hydrogens is 248 g/mol. The van der Waals surface area contributed by atoms with Gasteiger partial charge < -0.3 is 10.2 Å². The third-order valence-corrected chi connectivity index (χ3v) is 3.17. The second-order valence-corrected chi connectivity index (χ2v) is 4.72. The Morgan fingerprint density at radius 1 is 0.600 bits per heavy atom. The highest BCUT2D eigenvalue weighted by Crippen LogP contribution is 2.22. The first-order chi connectivity index (χ1) is 9.70. The van der Waals surface area contributed by atoms with E-state index in [0.29, 0.717) is 0 Å². The van der Waals surface area contributed by atoms with E-state index in [1.54, 1.807) is 12.1 Å². The van der Waals surface area contributed by atoms with Crippen LogP contribution in [0.1, 0.15) is 11.1 Å². The Hall–Kier alpha value is -2.74. The second kappa shape index (κ2) is 5.10. The van der Waals surface area contributed by atoms with Gasteiger partial charge in [0.05, 0.1) is 0 Å². The van der Waals surface area contributed by atoms with Crippen LogP contribution in [-0.4, -0.2) is 10.2 Å². The highest BCUT2D eigenvalue weighted by Gasteiger charge is 1.97. The Labute approximate surface area is 117 Å². The summed E-state index contributed by atoms with van der Waals surface area (Å²) in [5.74, 6) is 0.117. The minimum absolute atomic E-state index is 0.0585. The Morgan fingerprint density at radius 3 is 2.00 bits per heavy atom. The van der Waals surface area contributed by atoms with Crippen molar-refractivity contribution in [1.29, 1.82) is 0 Å². The van der Waals surface area contributed by atoms with Gasteiger partial charge in [-0.05, 0) is 40.1 Å². The van der Waals surface area contributed by atoms with Crippen LogP contribution in [0.2, 0.25) is 0 Å². The molecule has 0 aliphatic rings. The van der Waals surface area contributed by atoms with Crippen molar-refractivity contribution < 1.29 is 10.2 Å². The lowest BCUT2D eigenvalue weighted by atomic mass is 10.1. The van der Waals surface area contributed by atoms with E-state index in [1.807, 2.05) is 30.4 Å². The highest BCUT2D eigenvalue weighted by atomic mass is 16.3. The summed E-state index contributed by atoms with van der Waals surface area (Å²) in [6, 6.07) is 19.0. The average molecular weight is 262 g/mol. The molecule has 98 valence electrons. The number of benzene rings is 3. The SMILES string of the molecule is Oc1cc(O)cc(C=Cc2ccc3ccccc3c2)c1. The smallest absolute Gasteiger partial charge is 0.119 e. The molecule has 3 aromatic carbocycles. The Kier molecular flexibility index (Phi) is 3.13. The lowest BCUT2D eigenvalue weighted by Crippen LogP contribution is -1.76. The van der Waals surface area contributed by atoms with Gasteiger partial charge in [0.2, 0.25) is 0 Å². The maximum absolute atomic E-state index is 9.44. The molecule has 0 aromatic heterocycles. The molecule has 0 amide bonds. The summed E-state index contributed by atoms with van der Waals surface area (Å²) in [5.41, 5.74) is 1.84. The lowest BCUT2D eigenvalue weighted by Gasteiger charge is -2.00. The number of hydrogen-bond acceptors (Lipinski definition) is 2. The fourth-order valence-electron chi connectivity index (χ4n) is 2.22. The second-order valence-electron chi connectivity index (χ2n) is 4.72. The van der Waals surface area contributed by atoms with Crippen molar-refractivity contribution in [3.05, 3.63) is 71.8 Å². The fraction of sp³-hybridized carbons (Fsp3) is 0. The maximum Gasteiger partial charge on any atom is 0.119 e. The van der Waals surface area contributed by atoms with Crippen molar-refractivity contribution in [1.82, 2.24) is 0 Å². The van der Waals surface area contributed by atoms with Gasteiger partial charge in [0.15, 0.2) is 0 Å². The summed E-state index contributed by atoms with van der Waals surface area (Å²) in [6.07, 6.45) is 3.82.